The molecule has 0 N–H and O–H groups in total. The van der Waals surface area contributed by atoms with Gasteiger partial charge in [0.1, 0.15) is 0 Å². The Bertz CT molecular complexity index is 1160. The van der Waals surface area contributed by atoms with Crippen molar-refractivity contribution in [2.45, 2.75) is 355 Å². The molecule has 434 valence electrons. The van der Waals surface area contributed by atoms with Crippen molar-refractivity contribution in [2.75, 3.05) is 40.4 Å². The first kappa shape index (κ1) is 71.4. The maximum Gasteiger partial charge on any atom is 0.308 e. The number of unbranched alkanes of at least 4 members (excludes halogenated alkanes) is 34. The van der Waals surface area contributed by atoms with Crippen LogP contribution in [0.4, 0.5) is 0 Å². The summed E-state index contributed by atoms with van der Waals surface area (Å²) < 4.78 is 11.8. The molecule has 0 aromatic carbocycles. The maximum absolute atomic E-state index is 14.0. The zero-order chi connectivity index (χ0) is 53.5. The van der Waals surface area contributed by atoms with E-state index in [-0.39, 0.29) is 23.8 Å². The first-order chi connectivity index (χ1) is 35.7. The summed E-state index contributed by atoms with van der Waals surface area (Å²) in [5.74, 6) is 0.729. The number of hydrogen-bond donors (Lipinski definition) is 0. The van der Waals surface area contributed by atoms with Crippen molar-refractivity contribution in [3.63, 3.8) is 0 Å². The zero-order valence-electron chi connectivity index (χ0n) is 50.6. The van der Waals surface area contributed by atoms with E-state index in [0.717, 1.165) is 116 Å². The molecule has 0 rings (SSSR count). The summed E-state index contributed by atoms with van der Waals surface area (Å²) in [6.45, 7) is 14.4. The van der Waals surface area contributed by atoms with E-state index in [0.29, 0.717) is 31.6 Å². The Morgan fingerprint density at radius 2 is 0.589 bits per heavy atom. The van der Waals surface area contributed by atoms with E-state index in [1.54, 1.807) is 0 Å². The molecule has 0 fully saturated rings. The Labute approximate surface area is 457 Å². The minimum Gasteiger partial charge on any atom is -0.465 e. The fourth-order valence-corrected chi connectivity index (χ4v) is 11.0. The van der Waals surface area contributed by atoms with Gasteiger partial charge in [-0.15, -0.1) is 0 Å². The second kappa shape index (κ2) is 56.6. The Hall–Kier alpha value is -1.63. The third-order valence-corrected chi connectivity index (χ3v) is 15.9. The Morgan fingerprint density at radius 1 is 0.315 bits per heavy atom. The van der Waals surface area contributed by atoms with Crippen LogP contribution in [0.15, 0.2) is 0 Å². The SMILES string of the molecule is CCCCCCCCC(=O)N(CCCN(C)C)C(CCCCCCCCCCOC(=O)C(CCCCCC)CCCCCCCC)CCCCCCCCCOC(=O)C(CCCCCC)CCCCCCCC. The highest BCUT2D eigenvalue weighted by Gasteiger charge is 2.24. The summed E-state index contributed by atoms with van der Waals surface area (Å²) in [6, 6.07) is 0.352. The van der Waals surface area contributed by atoms with E-state index in [4.69, 9.17) is 9.47 Å². The van der Waals surface area contributed by atoms with Gasteiger partial charge in [-0.3, -0.25) is 14.4 Å². The smallest absolute Gasteiger partial charge is 0.308 e. The summed E-state index contributed by atoms with van der Waals surface area (Å²) in [7, 11) is 4.30. The van der Waals surface area contributed by atoms with Gasteiger partial charge in [0.25, 0.3) is 0 Å². The number of carbonyl (C=O) groups is 3. The van der Waals surface area contributed by atoms with E-state index in [1.807, 2.05) is 0 Å². The van der Waals surface area contributed by atoms with Crippen molar-refractivity contribution < 1.29 is 23.9 Å². The largest absolute Gasteiger partial charge is 0.465 e. The molecule has 3 atom stereocenters. The molecule has 0 bridgehead atoms. The molecule has 0 aromatic heterocycles. The van der Waals surface area contributed by atoms with Gasteiger partial charge < -0.3 is 19.3 Å². The summed E-state index contributed by atoms with van der Waals surface area (Å²) >= 11 is 0. The van der Waals surface area contributed by atoms with Gasteiger partial charge in [-0.1, -0.05) is 279 Å². The predicted octanol–water partition coefficient (Wildman–Crippen LogP) is 20.3. The highest BCUT2D eigenvalue weighted by Crippen LogP contribution is 2.25. The number of ether oxygens (including phenoxy) is 2. The van der Waals surface area contributed by atoms with Crippen molar-refractivity contribution in [1.82, 2.24) is 9.80 Å². The van der Waals surface area contributed by atoms with Crippen LogP contribution in [-0.4, -0.2) is 74.1 Å². The van der Waals surface area contributed by atoms with Gasteiger partial charge in [0, 0.05) is 19.0 Å². The highest BCUT2D eigenvalue weighted by atomic mass is 16.5. The van der Waals surface area contributed by atoms with Crippen LogP contribution in [0.1, 0.15) is 349 Å². The van der Waals surface area contributed by atoms with Gasteiger partial charge in [0.05, 0.1) is 25.0 Å². The van der Waals surface area contributed by atoms with Crippen molar-refractivity contribution >= 4 is 17.8 Å². The molecule has 0 aromatic rings. The van der Waals surface area contributed by atoms with Crippen LogP contribution in [-0.2, 0) is 23.9 Å². The third-order valence-electron chi connectivity index (χ3n) is 15.9. The first-order valence-electron chi connectivity index (χ1n) is 33.0. The number of hydrogen-bond acceptors (Lipinski definition) is 6. The van der Waals surface area contributed by atoms with E-state index in [1.165, 1.54) is 205 Å². The molecule has 0 aliphatic rings. The summed E-state index contributed by atoms with van der Waals surface area (Å²) in [5, 5.41) is 0. The number of carbonyl (C=O) groups excluding carboxylic acids is 3. The minimum absolute atomic E-state index is 0.0681. The average Bonchev–Trinajstić information content (AvgIpc) is 3.38. The molecule has 7 heteroatoms. The average molecular weight is 1030 g/mol. The molecule has 0 aliphatic carbocycles. The summed E-state index contributed by atoms with van der Waals surface area (Å²) in [5.41, 5.74) is 0. The molecule has 7 nitrogen and oxygen atoms in total. The molecule has 3 unspecified atom stereocenters. The van der Waals surface area contributed by atoms with Gasteiger partial charge in [0.15, 0.2) is 0 Å². The second-order valence-corrected chi connectivity index (χ2v) is 23.3. The lowest BCUT2D eigenvalue weighted by molar-refractivity contribution is -0.150. The van der Waals surface area contributed by atoms with Crippen LogP contribution < -0.4 is 0 Å². The molecule has 0 spiro atoms. The van der Waals surface area contributed by atoms with Crippen LogP contribution in [0.3, 0.4) is 0 Å². The molecule has 0 saturated carbocycles. The predicted molar refractivity (Wildman–Crippen MR) is 318 cm³/mol. The Balaban J connectivity index is 4.96. The van der Waals surface area contributed by atoms with Crippen molar-refractivity contribution in [2.24, 2.45) is 11.8 Å². The number of amides is 1. The van der Waals surface area contributed by atoms with Gasteiger partial charge in [-0.2, -0.15) is 0 Å². The van der Waals surface area contributed by atoms with Crippen molar-refractivity contribution in [3.8, 4) is 0 Å². The quantitative estimate of drug-likeness (QED) is 0.0446. The lowest BCUT2D eigenvalue weighted by Crippen LogP contribution is -2.41. The normalized spacial score (nSPS) is 12.9. The monoisotopic (exact) mass is 1030 g/mol. The maximum atomic E-state index is 14.0. The first-order valence-corrected chi connectivity index (χ1v) is 33.0. The van der Waals surface area contributed by atoms with Crippen LogP contribution in [0.5, 0.6) is 0 Å². The standard InChI is InChI=1S/C66H130N2O5/c1-8-13-18-23-33-42-52-61(50-40-21-16-11-4)65(70)72-59-47-38-31-27-26-29-35-44-54-63(68(58-49-57-67(6)7)64(69)56-46-37-25-20-15-10-3)55-45-36-30-28-32-39-48-60-73-66(71)62(51-41-22-17-12-5)53-43-34-24-19-14-9-2/h61-63H,8-60H2,1-7H3. The molecule has 0 aliphatic heterocycles. The molecule has 1 amide bonds. The molecule has 0 saturated heterocycles. The molecule has 0 radical (unpaired) electrons. The number of nitrogens with zero attached hydrogens (tertiary/aromatic N) is 2. The molecule has 73 heavy (non-hydrogen) atoms. The van der Waals surface area contributed by atoms with Crippen LogP contribution >= 0.6 is 0 Å². The summed E-state index contributed by atoms with van der Waals surface area (Å²) in [4.78, 5) is 44.8. The number of esters is 2. The minimum atomic E-state index is 0.0681. The van der Waals surface area contributed by atoms with Gasteiger partial charge in [0.2, 0.25) is 5.91 Å². The topological polar surface area (TPSA) is 76.2 Å². The second-order valence-electron chi connectivity index (χ2n) is 23.3. The van der Waals surface area contributed by atoms with E-state index >= 15 is 0 Å². The fraction of sp³-hybridized carbons (Fsp3) is 0.955. The Morgan fingerprint density at radius 3 is 0.918 bits per heavy atom. The van der Waals surface area contributed by atoms with Crippen LogP contribution in [0.25, 0.3) is 0 Å². The van der Waals surface area contributed by atoms with Gasteiger partial charge >= 0.3 is 11.9 Å². The van der Waals surface area contributed by atoms with E-state index in [9.17, 15) is 14.4 Å². The van der Waals surface area contributed by atoms with Crippen LogP contribution in [0, 0.1) is 11.8 Å². The summed E-state index contributed by atoms with van der Waals surface area (Å²) in [6.07, 6.45) is 58.2. The molecule has 0 heterocycles. The van der Waals surface area contributed by atoms with Crippen molar-refractivity contribution in [3.05, 3.63) is 0 Å². The lowest BCUT2D eigenvalue weighted by atomic mass is 9.94. The third kappa shape index (κ3) is 47.3. The van der Waals surface area contributed by atoms with Crippen molar-refractivity contribution in [1.29, 1.82) is 0 Å². The number of rotatable bonds is 59. The molecular weight excluding hydrogens is 901 g/mol. The fourth-order valence-electron chi connectivity index (χ4n) is 11.0. The van der Waals surface area contributed by atoms with Gasteiger partial charge in [-0.25, -0.2) is 0 Å². The molecular formula is C66H130N2O5. The van der Waals surface area contributed by atoms with E-state index < -0.39 is 0 Å². The zero-order valence-corrected chi connectivity index (χ0v) is 50.6. The Kier molecular flexibility index (Phi) is 55.3. The highest BCUT2D eigenvalue weighted by molar-refractivity contribution is 5.76. The van der Waals surface area contributed by atoms with Crippen LogP contribution in [0.2, 0.25) is 0 Å². The van der Waals surface area contributed by atoms with Gasteiger partial charge in [-0.05, 0) is 84.8 Å². The lowest BCUT2D eigenvalue weighted by Gasteiger charge is -2.33. The van der Waals surface area contributed by atoms with E-state index in [2.05, 4.69) is 58.5 Å².